The monoisotopic (exact) mass is 539 g/mol. The van der Waals surface area contributed by atoms with Gasteiger partial charge in [-0.25, -0.2) is 10.6 Å². The molecule has 0 saturated carbocycles. The van der Waals surface area contributed by atoms with E-state index in [1.165, 1.54) is 11.1 Å². The Morgan fingerprint density at radius 2 is 1.52 bits per heavy atom. The first kappa shape index (κ1) is 27.6. The van der Waals surface area contributed by atoms with Crippen LogP contribution in [0.2, 0.25) is 0 Å². The highest BCUT2D eigenvalue weighted by Crippen LogP contribution is 2.44. The maximum atomic E-state index is 12.9. The van der Waals surface area contributed by atoms with E-state index in [4.69, 9.17) is 19.9 Å². The number of ether oxygens (including phenoxy) is 1. The number of carbonyl (C=O) groups is 2. The average Bonchev–Trinajstić information content (AvgIpc) is 3.38. The van der Waals surface area contributed by atoms with Gasteiger partial charge in [0.05, 0.1) is 11.2 Å². The third-order valence-corrected chi connectivity index (χ3v) is 7.97. The predicted molar refractivity (Wildman–Crippen MR) is 155 cm³/mol. The van der Waals surface area contributed by atoms with Crippen molar-refractivity contribution < 1.29 is 23.6 Å². The minimum atomic E-state index is -0.703. The molecule has 1 aliphatic heterocycles. The predicted octanol–water partition coefficient (Wildman–Crippen LogP) is 4.84. The van der Waals surface area contributed by atoms with Crippen molar-refractivity contribution >= 4 is 25.2 Å². The van der Waals surface area contributed by atoms with Gasteiger partial charge in [0.15, 0.2) is 0 Å². The summed E-state index contributed by atoms with van der Waals surface area (Å²) in [5.41, 5.74) is 7.47. The van der Waals surface area contributed by atoms with E-state index in [2.05, 4.69) is 35.0 Å². The van der Waals surface area contributed by atoms with E-state index in [9.17, 15) is 9.59 Å². The number of hydrazine groups is 1. The summed E-state index contributed by atoms with van der Waals surface area (Å²) < 4.78 is 18.3. The van der Waals surface area contributed by atoms with Crippen LogP contribution in [0.25, 0.3) is 17.2 Å². The lowest BCUT2D eigenvalue weighted by atomic mass is 9.77. The van der Waals surface area contributed by atoms with Gasteiger partial charge in [-0.15, -0.1) is 0 Å². The second kappa shape index (κ2) is 10.9. The van der Waals surface area contributed by atoms with Crippen LogP contribution in [-0.4, -0.2) is 43.5 Å². The number of benzene rings is 3. The number of hydrogen-bond donors (Lipinski definition) is 3. The average molecular weight is 539 g/mol. The van der Waals surface area contributed by atoms with E-state index in [0.29, 0.717) is 11.0 Å². The number of nitrogen functional groups attached to an aromatic ring is 1. The maximum absolute atomic E-state index is 12.9. The molecule has 4 N–H and O–H groups in total. The lowest BCUT2D eigenvalue weighted by Gasteiger charge is -2.32. The molecule has 1 saturated heterocycles. The van der Waals surface area contributed by atoms with E-state index in [1.54, 1.807) is 18.2 Å². The summed E-state index contributed by atoms with van der Waals surface area (Å²) in [5.74, 6) is 4.87. The molecule has 1 aliphatic carbocycles. The highest BCUT2D eigenvalue weighted by atomic mass is 16.7. The van der Waals surface area contributed by atoms with Crippen molar-refractivity contribution in [1.29, 1.82) is 0 Å². The molecule has 0 bridgehead atoms. The molecule has 40 heavy (non-hydrogen) atoms. The Hall–Kier alpha value is -3.92. The number of alkyl carbamates (subject to hydrolysis) is 1. The standard InChI is InChI=1S/C31H34BN3O5/c1-30(2)31(3,4)40-32(39-30)22(17-20-10-9-11-21(16-20)28(36)35-33)18-34-29(37)38-19-27-25-14-7-5-12-23(25)24-13-6-8-15-26(24)27/h5-17,27H,18-19,33H2,1-4H3,(H,34,37)(H,35,36). The van der Waals surface area contributed by atoms with Gasteiger partial charge in [0.2, 0.25) is 0 Å². The highest BCUT2D eigenvalue weighted by Gasteiger charge is 2.52. The smallest absolute Gasteiger partial charge is 0.449 e. The fourth-order valence-corrected chi connectivity index (χ4v) is 5.09. The maximum Gasteiger partial charge on any atom is 0.492 e. The fraction of sp³-hybridized carbons (Fsp3) is 0.290. The Balaban J connectivity index is 1.32. The normalized spacial score (nSPS) is 17.2. The molecule has 0 radical (unpaired) electrons. The van der Waals surface area contributed by atoms with Crippen molar-refractivity contribution in [2.75, 3.05) is 13.2 Å². The first-order chi connectivity index (χ1) is 19.1. The zero-order chi connectivity index (χ0) is 28.5. The van der Waals surface area contributed by atoms with Gasteiger partial charge in [-0.1, -0.05) is 66.7 Å². The van der Waals surface area contributed by atoms with Crippen LogP contribution in [0.15, 0.2) is 78.3 Å². The lowest BCUT2D eigenvalue weighted by molar-refractivity contribution is 0.00578. The molecule has 9 heteroatoms. The third kappa shape index (κ3) is 5.40. The molecule has 3 aromatic rings. The number of nitrogens with two attached hydrogens (primary N) is 1. The van der Waals surface area contributed by atoms with Crippen LogP contribution in [0.4, 0.5) is 4.79 Å². The molecule has 2 amide bonds. The van der Waals surface area contributed by atoms with Gasteiger partial charge in [0.25, 0.3) is 5.91 Å². The molecule has 8 nitrogen and oxygen atoms in total. The van der Waals surface area contributed by atoms with Crippen molar-refractivity contribution in [2.45, 2.75) is 44.8 Å². The Morgan fingerprint density at radius 3 is 2.12 bits per heavy atom. The first-order valence-corrected chi connectivity index (χ1v) is 13.4. The molecule has 0 aromatic heterocycles. The minimum absolute atomic E-state index is 0.0345. The van der Waals surface area contributed by atoms with Gasteiger partial charge < -0.3 is 19.4 Å². The second-order valence-electron chi connectivity index (χ2n) is 11.1. The molecule has 0 atom stereocenters. The van der Waals surface area contributed by atoms with Crippen LogP contribution in [0, 0.1) is 0 Å². The van der Waals surface area contributed by atoms with Gasteiger partial charge in [0, 0.05) is 18.0 Å². The number of rotatable bonds is 7. The molecule has 0 unspecified atom stereocenters. The van der Waals surface area contributed by atoms with Crippen LogP contribution in [0.1, 0.15) is 60.7 Å². The molecule has 2 aliphatic rings. The van der Waals surface area contributed by atoms with Crippen molar-refractivity contribution in [3.05, 3.63) is 101 Å². The zero-order valence-corrected chi connectivity index (χ0v) is 23.2. The molecule has 5 rings (SSSR count). The van der Waals surface area contributed by atoms with Crippen LogP contribution in [0.5, 0.6) is 0 Å². The Morgan fingerprint density at radius 1 is 0.925 bits per heavy atom. The highest BCUT2D eigenvalue weighted by molar-refractivity contribution is 6.56. The summed E-state index contributed by atoms with van der Waals surface area (Å²) in [6.07, 6.45) is 1.31. The Labute approximate surface area is 235 Å². The summed E-state index contributed by atoms with van der Waals surface area (Å²) in [6.45, 7) is 8.21. The summed E-state index contributed by atoms with van der Waals surface area (Å²) >= 11 is 0. The van der Waals surface area contributed by atoms with Crippen molar-refractivity contribution in [1.82, 2.24) is 10.7 Å². The van der Waals surface area contributed by atoms with E-state index in [0.717, 1.165) is 16.7 Å². The number of fused-ring (bicyclic) bond motifs is 3. The molecular formula is C31H34BN3O5. The van der Waals surface area contributed by atoms with Crippen molar-refractivity contribution in [2.24, 2.45) is 5.84 Å². The molecular weight excluding hydrogens is 505 g/mol. The van der Waals surface area contributed by atoms with Crippen LogP contribution in [-0.2, 0) is 14.0 Å². The van der Waals surface area contributed by atoms with Gasteiger partial charge in [-0.05, 0) is 73.1 Å². The quantitative estimate of drug-likeness (QED) is 0.171. The number of hydrogen-bond acceptors (Lipinski definition) is 6. The summed E-state index contributed by atoms with van der Waals surface area (Å²) in [5, 5.41) is 2.87. The molecule has 3 aromatic carbocycles. The Bertz CT molecular complexity index is 1410. The zero-order valence-electron chi connectivity index (χ0n) is 23.2. The SMILES string of the molecule is CC1(C)OB(C(=Cc2cccc(C(=O)NN)c2)CNC(=O)OCC2c3ccccc3-c3ccccc32)OC1(C)C. The van der Waals surface area contributed by atoms with Gasteiger partial charge in [-0.2, -0.15) is 0 Å². The van der Waals surface area contributed by atoms with E-state index >= 15 is 0 Å². The second-order valence-corrected chi connectivity index (χ2v) is 11.1. The topological polar surface area (TPSA) is 112 Å². The molecule has 1 heterocycles. The lowest BCUT2D eigenvalue weighted by Crippen LogP contribution is -2.41. The van der Waals surface area contributed by atoms with Gasteiger partial charge >= 0.3 is 13.2 Å². The minimum Gasteiger partial charge on any atom is -0.449 e. The van der Waals surface area contributed by atoms with Crippen molar-refractivity contribution in [3.63, 3.8) is 0 Å². The van der Waals surface area contributed by atoms with E-state index in [1.807, 2.05) is 64.1 Å². The van der Waals surface area contributed by atoms with E-state index in [-0.39, 0.29) is 19.1 Å². The van der Waals surface area contributed by atoms with Crippen molar-refractivity contribution in [3.8, 4) is 11.1 Å². The van der Waals surface area contributed by atoms with Gasteiger partial charge in [-0.3, -0.25) is 10.2 Å². The van der Waals surface area contributed by atoms with Gasteiger partial charge in [0.1, 0.15) is 6.61 Å². The van der Waals surface area contributed by atoms with E-state index < -0.39 is 30.3 Å². The van der Waals surface area contributed by atoms with Crippen LogP contribution < -0.4 is 16.6 Å². The summed E-state index contributed by atoms with van der Waals surface area (Å²) in [6, 6.07) is 23.4. The largest absolute Gasteiger partial charge is 0.492 e. The number of carbonyl (C=O) groups excluding carboxylic acids is 2. The number of amides is 2. The van der Waals surface area contributed by atoms with Crippen LogP contribution in [0.3, 0.4) is 0 Å². The third-order valence-electron chi connectivity index (χ3n) is 7.97. The Kier molecular flexibility index (Phi) is 7.55. The van der Waals surface area contributed by atoms with Crippen LogP contribution >= 0.6 is 0 Å². The molecule has 1 fully saturated rings. The fourth-order valence-electron chi connectivity index (χ4n) is 5.09. The molecule has 206 valence electrons. The first-order valence-electron chi connectivity index (χ1n) is 13.4. The summed E-state index contributed by atoms with van der Waals surface area (Å²) in [7, 11) is -0.703. The molecule has 0 spiro atoms. The summed E-state index contributed by atoms with van der Waals surface area (Å²) in [4.78, 5) is 25.0. The number of nitrogens with one attached hydrogen (secondary N) is 2.